The molecule has 0 aliphatic carbocycles. The zero-order valence-corrected chi connectivity index (χ0v) is 8.93. The molecular weight excluding hydrogens is 257 g/mol. The van der Waals surface area contributed by atoms with E-state index in [1.165, 1.54) is 0 Å². The third-order valence-electron chi connectivity index (χ3n) is 2.22. The average molecular weight is 265 g/mol. The molecule has 0 aromatic carbocycles. The fraction of sp³-hybridized carbons (Fsp3) is 0.400. The summed E-state index contributed by atoms with van der Waals surface area (Å²) in [5.41, 5.74) is 2.33. The highest BCUT2D eigenvalue weighted by atomic mass is 19.4. The number of halogens is 5. The molecule has 0 radical (unpaired) electrons. The lowest BCUT2D eigenvalue weighted by Crippen LogP contribution is -2.15. The van der Waals surface area contributed by atoms with Crippen LogP contribution in [0.5, 0.6) is 0 Å². The first-order valence-electron chi connectivity index (χ1n) is 4.76. The van der Waals surface area contributed by atoms with Crippen molar-refractivity contribution >= 4 is 0 Å². The van der Waals surface area contributed by atoms with Crippen LogP contribution in [0.25, 0.3) is 0 Å². The number of nitrogens with zero attached hydrogens (tertiary/aromatic N) is 2. The molecule has 0 saturated heterocycles. The summed E-state index contributed by atoms with van der Waals surface area (Å²) in [6.45, 7) is -0.444. The Morgan fingerprint density at radius 1 is 1.39 bits per heavy atom. The quantitative estimate of drug-likeness (QED) is 0.854. The number of aromatic nitrogens is 1. The van der Waals surface area contributed by atoms with E-state index in [9.17, 15) is 22.0 Å². The molecule has 1 aromatic rings. The summed E-state index contributed by atoms with van der Waals surface area (Å²) in [4.78, 5) is 3.19. The molecule has 1 heterocycles. The maximum absolute atomic E-state index is 12.7. The van der Waals surface area contributed by atoms with Gasteiger partial charge >= 0.3 is 6.18 Å². The second-order valence-corrected chi connectivity index (χ2v) is 3.36. The lowest BCUT2D eigenvalue weighted by Gasteiger charge is -2.14. The number of rotatable bonds is 3. The van der Waals surface area contributed by atoms with Crippen LogP contribution in [0.4, 0.5) is 22.0 Å². The monoisotopic (exact) mass is 265 g/mol. The third-order valence-corrected chi connectivity index (χ3v) is 2.22. The molecule has 0 aliphatic rings. The molecule has 98 valence electrons. The predicted molar refractivity (Wildman–Crippen MR) is 51.4 cm³/mol. The van der Waals surface area contributed by atoms with E-state index in [1.54, 1.807) is 6.07 Å². The van der Waals surface area contributed by atoms with Gasteiger partial charge in [-0.15, -0.1) is 0 Å². The minimum Gasteiger partial charge on any atom is -0.325 e. The van der Waals surface area contributed by atoms with Gasteiger partial charge in [-0.25, -0.2) is 13.8 Å². The van der Waals surface area contributed by atoms with Crippen LogP contribution in [-0.4, -0.2) is 4.98 Å². The van der Waals surface area contributed by atoms with Crippen LogP contribution in [0, 0.1) is 11.3 Å². The molecule has 0 fully saturated rings. The minimum absolute atomic E-state index is 0.233. The van der Waals surface area contributed by atoms with E-state index in [4.69, 9.17) is 11.0 Å². The zero-order chi connectivity index (χ0) is 13.9. The molecule has 0 atom stereocenters. The Bertz CT molecular complexity index is 476. The van der Waals surface area contributed by atoms with Gasteiger partial charge in [-0.3, -0.25) is 0 Å². The van der Waals surface area contributed by atoms with Crippen LogP contribution in [0.1, 0.15) is 28.9 Å². The Kier molecular flexibility index (Phi) is 4.19. The second-order valence-electron chi connectivity index (χ2n) is 3.36. The normalized spacial score (nSPS) is 11.7. The van der Waals surface area contributed by atoms with Crippen molar-refractivity contribution in [2.75, 3.05) is 0 Å². The molecule has 2 N–H and O–H groups in total. The van der Waals surface area contributed by atoms with Gasteiger partial charge in [0, 0.05) is 12.1 Å². The number of pyridine rings is 1. The Hall–Kier alpha value is -1.75. The summed E-state index contributed by atoms with van der Waals surface area (Å²) in [6, 6.07) is 1.86. The van der Waals surface area contributed by atoms with Gasteiger partial charge in [-0.05, 0) is 11.6 Å². The maximum Gasteiger partial charge on any atom is 0.433 e. The Morgan fingerprint density at radius 3 is 2.39 bits per heavy atom. The van der Waals surface area contributed by atoms with Crippen LogP contribution in [-0.2, 0) is 19.1 Å². The molecule has 0 spiro atoms. The highest BCUT2D eigenvalue weighted by molar-refractivity contribution is 5.36. The topological polar surface area (TPSA) is 62.7 Å². The van der Waals surface area contributed by atoms with Crippen molar-refractivity contribution in [3.05, 3.63) is 28.6 Å². The fourth-order valence-electron chi connectivity index (χ4n) is 1.44. The van der Waals surface area contributed by atoms with Gasteiger partial charge in [0.15, 0.2) is 0 Å². The SMILES string of the molecule is N#CCc1c(C(F)F)cc(C(F)(F)F)nc1CN. The van der Waals surface area contributed by atoms with Crippen molar-refractivity contribution in [1.82, 2.24) is 4.98 Å². The van der Waals surface area contributed by atoms with Gasteiger partial charge in [-0.1, -0.05) is 0 Å². The number of alkyl halides is 5. The average Bonchev–Trinajstić information content (AvgIpc) is 2.27. The molecule has 0 amide bonds. The molecule has 0 saturated carbocycles. The van der Waals surface area contributed by atoms with Crippen molar-refractivity contribution < 1.29 is 22.0 Å². The summed E-state index contributed by atoms with van der Waals surface area (Å²) < 4.78 is 62.7. The number of nitriles is 1. The molecule has 18 heavy (non-hydrogen) atoms. The molecule has 3 nitrogen and oxygen atoms in total. The summed E-state index contributed by atoms with van der Waals surface area (Å²) in [6.07, 6.45) is -8.42. The van der Waals surface area contributed by atoms with Gasteiger partial charge in [0.25, 0.3) is 6.43 Å². The van der Waals surface area contributed by atoms with E-state index in [0.29, 0.717) is 0 Å². The van der Waals surface area contributed by atoms with Crippen molar-refractivity contribution in [2.24, 2.45) is 5.73 Å². The number of nitrogens with two attached hydrogens (primary N) is 1. The minimum atomic E-state index is -4.83. The highest BCUT2D eigenvalue weighted by Crippen LogP contribution is 2.33. The lowest BCUT2D eigenvalue weighted by atomic mass is 10.0. The first kappa shape index (κ1) is 14.3. The van der Waals surface area contributed by atoms with Crippen LogP contribution < -0.4 is 5.73 Å². The Balaban J connectivity index is 3.49. The van der Waals surface area contributed by atoms with Gasteiger partial charge in [0.1, 0.15) is 5.69 Å². The van der Waals surface area contributed by atoms with Gasteiger partial charge in [0.05, 0.1) is 18.2 Å². The molecule has 0 aliphatic heterocycles. The van der Waals surface area contributed by atoms with Gasteiger partial charge in [0.2, 0.25) is 0 Å². The summed E-state index contributed by atoms with van der Waals surface area (Å²) in [7, 11) is 0. The number of hydrogen-bond donors (Lipinski definition) is 1. The number of hydrogen-bond acceptors (Lipinski definition) is 3. The lowest BCUT2D eigenvalue weighted by molar-refractivity contribution is -0.141. The van der Waals surface area contributed by atoms with E-state index in [-0.39, 0.29) is 17.3 Å². The first-order valence-corrected chi connectivity index (χ1v) is 4.76. The van der Waals surface area contributed by atoms with E-state index >= 15 is 0 Å². The van der Waals surface area contributed by atoms with Crippen molar-refractivity contribution in [2.45, 2.75) is 25.6 Å². The van der Waals surface area contributed by atoms with Crippen molar-refractivity contribution in [1.29, 1.82) is 5.26 Å². The Morgan fingerprint density at radius 2 is 2.00 bits per heavy atom. The molecule has 1 aromatic heterocycles. The summed E-state index contributed by atoms with van der Waals surface area (Å²) >= 11 is 0. The standard InChI is InChI=1S/C10H8F5N3/c11-9(12)6-3-8(10(13,14)15)18-7(4-17)5(6)1-2-16/h3,9H,1,4,17H2. The summed E-state index contributed by atoms with van der Waals surface area (Å²) in [5, 5.41) is 8.49. The van der Waals surface area contributed by atoms with Crippen LogP contribution in [0.2, 0.25) is 0 Å². The highest BCUT2D eigenvalue weighted by Gasteiger charge is 2.35. The van der Waals surface area contributed by atoms with Crippen molar-refractivity contribution in [3.8, 4) is 6.07 Å². The zero-order valence-electron chi connectivity index (χ0n) is 8.93. The molecular formula is C10H8F5N3. The molecule has 0 bridgehead atoms. The van der Waals surface area contributed by atoms with E-state index < -0.39 is 36.8 Å². The van der Waals surface area contributed by atoms with Crippen molar-refractivity contribution in [3.63, 3.8) is 0 Å². The van der Waals surface area contributed by atoms with E-state index in [0.717, 1.165) is 0 Å². The maximum atomic E-state index is 12.7. The predicted octanol–water partition coefficient (Wildman–Crippen LogP) is 2.56. The van der Waals surface area contributed by atoms with Crippen LogP contribution in [0.3, 0.4) is 0 Å². The van der Waals surface area contributed by atoms with Gasteiger partial charge < -0.3 is 5.73 Å². The molecule has 8 heteroatoms. The van der Waals surface area contributed by atoms with Gasteiger partial charge in [-0.2, -0.15) is 18.4 Å². The fourth-order valence-corrected chi connectivity index (χ4v) is 1.44. The first-order chi connectivity index (χ1) is 8.31. The second kappa shape index (κ2) is 5.27. The third kappa shape index (κ3) is 2.92. The largest absolute Gasteiger partial charge is 0.433 e. The van der Waals surface area contributed by atoms with Crippen LogP contribution >= 0.6 is 0 Å². The Labute approximate surface area is 99.0 Å². The smallest absolute Gasteiger partial charge is 0.325 e. The molecule has 0 unspecified atom stereocenters. The van der Waals surface area contributed by atoms with E-state index in [2.05, 4.69) is 4.98 Å². The molecule has 1 rings (SSSR count). The summed E-state index contributed by atoms with van der Waals surface area (Å²) in [5.74, 6) is 0. The van der Waals surface area contributed by atoms with Crippen LogP contribution in [0.15, 0.2) is 6.07 Å². The van der Waals surface area contributed by atoms with E-state index in [1.807, 2.05) is 0 Å².